The van der Waals surface area contributed by atoms with Crippen LogP contribution in [-0.4, -0.2) is 11.2 Å². The average Bonchev–Trinajstić information content (AvgIpc) is 1.88. The highest BCUT2D eigenvalue weighted by Gasteiger charge is 2.12. The van der Waals surface area contributed by atoms with E-state index in [2.05, 4.69) is 6.92 Å². The molecule has 0 radical (unpaired) electrons. The third-order valence-electron chi connectivity index (χ3n) is 2.30. The Bertz CT molecular complexity index is 145. The van der Waals surface area contributed by atoms with E-state index in [1.807, 2.05) is 6.92 Å². The number of hydrogen-bond donors (Lipinski definition) is 1. The standard InChI is InChI=1S/C9H16O/c1-7-5-3-4-6-9(7)8(2)10/h8,10H,3-6H2,1-2H3. The van der Waals surface area contributed by atoms with Gasteiger partial charge in [-0.3, -0.25) is 0 Å². The highest BCUT2D eigenvalue weighted by Crippen LogP contribution is 2.26. The van der Waals surface area contributed by atoms with E-state index in [-0.39, 0.29) is 6.10 Å². The van der Waals surface area contributed by atoms with Gasteiger partial charge in [0.15, 0.2) is 0 Å². The molecule has 0 aromatic rings. The fraction of sp³-hybridized carbons (Fsp3) is 0.778. The van der Waals surface area contributed by atoms with Gasteiger partial charge < -0.3 is 5.11 Å². The topological polar surface area (TPSA) is 20.2 Å². The average molecular weight is 140 g/mol. The van der Waals surface area contributed by atoms with Gasteiger partial charge in [0.1, 0.15) is 0 Å². The summed E-state index contributed by atoms with van der Waals surface area (Å²) in [5, 5.41) is 9.29. The number of allylic oxidation sites excluding steroid dienone is 1. The first-order chi connectivity index (χ1) is 4.72. The molecule has 1 N–H and O–H groups in total. The van der Waals surface area contributed by atoms with Gasteiger partial charge in [-0.15, -0.1) is 0 Å². The second-order valence-electron chi connectivity index (χ2n) is 3.19. The van der Waals surface area contributed by atoms with Crippen molar-refractivity contribution >= 4 is 0 Å². The predicted octanol–water partition coefficient (Wildman–Crippen LogP) is 2.26. The van der Waals surface area contributed by atoms with Crippen LogP contribution in [0.1, 0.15) is 39.5 Å². The van der Waals surface area contributed by atoms with Gasteiger partial charge in [-0.05, 0) is 45.1 Å². The normalized spacial score (nSPS) is 23.1. The van der Waals surface area contributed by atoms with Gasteiger partial charge in [0.2, 0.25) is 0 Å². The Hall–Kier alpha value is -0.300. The third kappa shape index (κ3) is 1.60. The zero-order valence-electron chi connectivity index (χ0n) is 6.85. The smallest absolute Gasteiger partial charge is 0.0724 e. The van der Waals surface area contributed by atoms with Crippen LogP contribution in [0, 0.1) is 0 Å². The van der Waals surface area contributed by atoms with Crippen LogP contribution >= 0.6 is 0 Å². The van der Waals surface area contributed by atoms with Crippen LogP contribution in [0.25, 0.3) is 0 Å². The Balaban J connectivity index is 2.68. The molecule has 0 fully saturated rings. The van der Waals surface area contributed by atoms with Crippen molar-refractivity contribution in [2.24, 2.45) is 0 Å². The molecule has 10 heavy (non-hydrogen) atoms. The molecule has 0 amide bonds. The summed E-state index contributed by atoms with van der Waals surface area (Å²) in [6.07, 6.45) is 4.67. The summed E-state index contributed by atoms with van der Waals surface area (Å²) in [4.78, 5) is 0. The van der Waals surface area contributed by atoms with Gasteiger partial charge in [0.25, 0.3) is 0 Å². The number of hydrogen-bond acceptors (Lipinski definition) is 1. The monoisotopic (exact) mass is 140 g/mol. The van der Waals surface area contributed by atoms with E-state index in [1.54, 1.807) is 0 Å². The molecular weight excluding hydrogens is 124 g/mol. The van der Waals surface area contributed by atoms with Crippen molar-refractivity contribution in [2.75, 3.05) is 0 Å². The molecular formula is C9H16O. The molecule has 1 atom stereocenters. The number of rotatable bonds is 1. The zero-order valence-corrected chi connectivity index (χ0v) is 6.85. The largest absolute Gasteiger partial charge is 0.389 e. The summed E-state index contributed by atoms with van der Waals surface area (Å²) in [5.41, 5.74) is 2.70. The highest BCUT2D eigenvalue weighted by atomic mass is 16.3. The van der Waals surface area contributed by atoms with Crippen LogP contribution in [0.4, 0.5) is 0 Å². The first-order valence-corrected chi connectivity index (χ1v) is 4.08. The van der Waals surface area contributed by atoms with Crippen molar-refractivity contribution in [1.82, 2.24) is 0 Å². The molecule has 0 saturated carbocycles. The maximum Gasteiger partial charge on any atom is 0.0724 e. The molecule has 0 aromatic heterocycles. The minimum absolute atomic E-state index is 0.208. The Labute approximate surface area is 62.8 Å². The molecule has 1 heteroatoms. The molecule has 1 nitrogen and oxygen atoms in total. The van der Waals surface area contributed by atoms with Gasteiger partial charge in [0.05, 0.1) is 6.10 Å². The fourth-order valence-electron chi connectivity index (χ4n) is 1.65. The van der Waals surface area contributed by atoms with E-state index < -0.39 is 0 Å². The second-order valence-corrected chi connectivity index (χ2v) is 3.19. The Morgan fingerprint density at radius 1 is 1.30 bits per heavy atom. The highest BCUT2D eigenvalue weighted by molar-refractivity contribution is 5.17. The second kappa shape index (κ2) is 3.20. The van der Waals surface area contributed by atoms with Gasteiger partial charge in [-0.25, -0.2) is 0 Å². The summed E-state index contributed by atoms with van der Waals surface area (Å²) in [6, 6.07) is 0. The summed E-state index contributed by atoms with van der Waals surface area (Å²) in [7, 11) is 0. The van der Waals surface area contributed by atoms with E-state index in [4.69, 9.17) is 0 Å². The summed E-state index contributed by atoms with van der Waals surface area (Å²) < 4.78 is 0. The van der Waals surface area contributed by atoms with Crippen molar-refractivity contribution in [1.29, 1.82) is 0 Å². The summed E-state index contributed by atoms with van der Waals surface area (Å²) in [6.45, 7) is 4.01. The molecule has 1 aliphatic carbocycles. The lowest BCUT2D eigenvalue weighted by atomic mass is 9.90. The van der Waals surface area contributed by atoms with Gasteiger partial charge in [-0.2, -0.15) is 0 Å². The molecule has 1 aliphatic rings. The molecule has 0 bridgehead atoms. The van der Waals surface area contributed by atoms with Crippen LogP contribution < -0.4 is 0 Å². The molecule has 58 valence electrons. The van der Waals surface area contributed by atoms with Crippen molar-refractivity contribution < 1.29 is 5.11 Å². The first kappa shape index (κ1) is 7.80. The van der Waals surface area contributed by atoms with Crippen molar-refractivity contribution in [3.8, 4) is 0 Å². The van der Waals surface area contributed by atoms with Crippen molar-refractivity contribution in [2.45, 2.75) is 45.6 Å². The van der Waals surface area contributed by atoms with Crippen molar-refractivity contribution in [3.05, 3.63) is 11.1 Å². The lowest BCUT2D eigenvalue weighted by molar-refractivity contribution is 0.222. The third-order valence-corrected chi connectivity index (χ3v) is 2.30. The number of aliphatic hydroxyl groups excluding tert-OH is 1. The summed E-state index contributed by atoms with van der Waals surface area (Å²) in [5.74, 6) is 0. The molecule has 0 heterocycles. The lowest BCUT2D eigenvalue weighted by Crippen LogP contribution is -2.10. The van der Waals surface area contributed by atoms with E-state index >= 15 is 0 Å². The van der Waals surface area contributed by atoms with Gasteiger partial charge in [-0.1, -0.05) is 5.57 Å². The Morgan fingerprint density at radius 3 is 2.30 bits per heavy atom. The zero-order chi connectivity index (χ0) is 7.56. The lowest BCUT2D eigenvalue weighted by Gasteiger charge is -2.19. The SMILES string of the molecule is CC1=C(C(C)O)CCCC1. The molecule has 0 aliphatic heterocycles. The summed E-state index contributed by atoms with van der Waals surface area (Å²) >= 11 is 0. The van der Waals surface area contributed by atoms with E-state index in [1.165, 1.54) is 30.4 Å². The minimum atomic E-state index is -0.208. The van der Waals surface area contributed by atoms with Crippen LogP contribution in [-0.2, 0) is 0 Å². The molecule has 0 aromatic carbocycles. The first-order valence-electron chi connectivity index (χ1n) is 4.08. The molecule has 0 spiro atoms. The molecule has 0 saturated heterocycles. The van der Waals surface area contributed by atoms with Gasteiger partial charge in [0, 0.05) is 0 Å². The Morgan fingerprint density at radius 2 is 1.90 bits per heavy atom. The number of aliphatic hydroxyl groups is 1. The maximum absolute atomic E-state index is 9.29. The van der Waals surface area contributed by atoms with Crippen LogP contribution in [0.15, 0.2) is 11.1 Å². The molecule has 1 rings (SSSR count). The van der Waals surface area contributed by atoms with E-state index in [0.717, 1.165) is 6.42 Å². The quantitative estimate of drug-likeness (QED) is 0.554. The van der Waals surface area contributed by atoms with Crippen LogP contribution in [0.3, 0.4) is 0 Å². The predicted molar refractivity (Wildman–Crippen MR) is 42.8 cm³/mol. The van der Waals surface area contributed by atoms with E-state index in [0.29, 0.717) is 0 Å². The Kier molecular flexibility index (Phi) is 2.50. The van der Waals surface area contributed by atoms with Crippen LogP contribution in [0.5, 0.6) is 0 Å². The minimum Gasteiger partial charge on any atom is -0.389 e. The maximum atomic E-state index is 9.29. The molecule has 1 unspecified atom stereocenters. The van der Waals surface area contributed by atoms with Crippen molar-refractivity contribution in [3.63, 3.8) is 0 Å². The van der Waals surface area contributed by atoms with Crippen LogP contribution in [0.2, 0.25) is 0 Å². The fourth-order valence-corrected chi connectivity index (χ4v) is 1.65. The van der Waals surface area contributed by atoms with E-state index in [9.17, 15) is 5.11 Å². The van der Waals surface area contributed by atoms with Gasteiger partial charge >= 0.3 is 0 Å².